The average Bonchev–Trinajstić information content (AvgIpc) is 2.81. The average molecular weight is 264 g/mol. The predicted octanol–water partition coefficient (Wildman–Crippen LogP) is 3.64. The SMILES string of the molecule is CCOc1ccccc1Oc1csc(C(=O)O)c1. The van der Waals surface area contributed by atoms with Gasteiger partial charge in [0.2, 0.25) is 0 Å². The van der Waals surface area contributed by atoms with Crippen LogP contribution in [0.25, 0.3) is 0 Å². The van der Waals surface area contributed by atoms with Crippen LogP contribution in [0.2, 0.25) is 0 Å². The molecule has 4 nitrogen and oxygen atoms in total. The normalized spacial score (nSPS) is 10.1. The number of para-hydroxylation sites is 2. The second kappa shape index (κ2) is 5.55. The van der Waals surface area contributed by atoms with Gasteiger partial charge < -0.3 is 14.6 Å². The molecule has 0 saturated carbocycles. The van der Waals surface area contributed by atoms with Crippen molar-refractivity contribution < 1.29 is 19.4 Å². The van der Waals surface area contributed by atoms with Gasteiger partial charge in [0.1, 0.15) is 10.6 Å². The number of benzene rings is 1. The first-order valence-electron chi connectivity index (χ1n) is 5.42. The largest absolute Gasteiger partial charge is 0.490 e. The summed E-state index contributed by atoms with van der Waals surface area (Å²) in [4.78, 5) is 11.0. The lowest BCUT2D eigenvalue weighted by Crippen LogP contribution is -1.94. The molecule has 2 aromatic rings. The van der Waals surface area contributed by atoms with E-state index < -0.39 is 5.97 Å². The third-order valence-corrected chi connectivity index (χ3v) is 3.06. The third-order valence-electron chi connectivity index (χ3n) is 2.16. The molecule has 0 amide bonds. The van der Waals surface area contributed by atoms with Gasteiger partial charge in [-0.05, 0) is 19.1 Å². The highest BCUT2D eigenvalue weighted by Gasteiger charge is 2.10. The van der Waals surface area contributed by atoms with Crippen molar-refractivity contribution >= 4 is 17.3 Å². The van der Waals surface area contributed by atoms with E-state index in [1.54, 1.807) is 11.4 Å². The van der Waals surface area contributed by atoms with E-state index in [0.29, 0.717) is 23.9 Å². The Balaban J connectivity index is 2.19. The van der Waals surface area contributed by atoms with Crippen LogP contribution < -0.4 is 9.47 Å². The van der Waals surface area contributed by atoms with E-state index in [4.69, 9.17) is 14.6 Å². The number of carboxylic acids is 1. The summed E-state index contributed by atoms with van der Waals surface area (Å²) in [6.07, 6.45) is 0. The van der Waals surface area contributed by atoms with E-state index in [1.165, 1.54) is 6.07 Å². The molecule has 1 heterocycles. The summed E-state index contributed by atoms with van der Waals surface area (Å²) < 4.78 is 11.0. The fourth-order valence-electron chi connectivity index (χ4n) is 1.42. The maximum absolute atomic E-state index is 10.8. The molecule has 5 heteroatoms. The molecule has 0 aliphatic carbocycles. The molecule has 0 fully saturated rings. The monoisotopic (exact) mass is 264 g/mol. The number of hydrogen-bond acceptors (Lipinski definition) is 4. The van der Waals surface area contributed by atoms with Crippen molar-refractivity contribution in [3.05, 3.63) is 40.6 Å². The number of ether oxygens (including phenoxy) is 2. The van der Waals surface area contributed by atoms with Crippen molar-refractivity contribution in [3.63, 3.8) is 0 Å². The van der Waals surface area contributed by atoms with Gasteiger partial charge in [-0.25, -0.2) is 4.79 Å². The Morgan fingerprint density at radius 2 is 2.06 bits per heavy atom. The molecule has 1 aromatic carbocycles. The van der Waals surface area contributed by atoms with Crippen molar-refractivity contribution in [1.82, 2.24) is 0 Å². The molecule has 0 bridgehead atoms. The highest BCUT2D eigenvalue weighted by molar-refractivity contribution is 7.12. The number of carbonyl (C=O) groups is 1. The van der Waals surface area contributed by atoms with E-state index in [-0.39, 0.29) is 4.88 Å². The number of aromatic carboxylic acids is 1. The molecule has 0 saturated heterocycles. The maximum atomic E-state index is 10.8. The summed E-state index contributed by atoms with van der Waals surface area (Å²) >= 11 is 1.13. The van der Waals surface area contributed by atoms with E-state index in [2.05, 4.69) is 0 Å². The van der Waals surface area contributed by atoms with Gasteiger partial charge in [0.25, 0.3) is 0 Å². The highest BCUT2D eigenvalue weighted by atomic mass is 32.1. The van der Waals surface area contributed by atoms with Crippen molar-refractivity contribution in [2.75, 3.05) is 6.61 Å². The number of carboxylic acid groups (broad SMARTS) is 1. The zero-order valence-corrected chi connectivity index (χ0v) is 10.6. The summed E-state index contributed by atoms with van der Waals surface area (Å²) in [7, 11) is 0. The van der Waals surface area contributed by atoms with Crippen molar-refractivity contribution in [2.24, 2.45) is 0 Å². The zero-order valence-electron chi connectivity index (χ0n) is 9.75. The first-order valence-corrected chi connectivity index (χ1v) is 6.30. The summed E-state index contributed by atoms with van der Waals surface area (Å²) in [6.45, 7) is 2.44. The molecule has 0 spiro atoms. The molecule has 1 N–H and O–H groups in total. The van der Waals surface area contributed by atoms with Crippen LogP contribution in [-0.2, 0) is 0 Å². The molecular formula is C13H12O4S. The van der Waals surface area contributed by atoms with Gasteiger partial charge in [0.05, 0.1) is 6.61 Å². The molecule has 1 aromatic heterocycles. The lowest BCUT2D eigenvalue weighted by atomic mass is 10.3. The van der Waals surface area contributed by atoms with Crippen LogP contribution in [0.15, 0.2) is 35.7 Å². The number of hydrogen-bond donors (Lipinski definition) is 1. The Labute approximate surface area is 108 Å². The lowest BCUT2D eigenvalue weighted by Gasteiger charge is -2.09. The smallest absolute Gasteiger partial charge is 0.346 e. The van der Waals surface area contributed by atoms with Gasteiger partial charge >= 0.3 is 5.97 Å². The molecule has 0 unspecified atom stereocenters. The summed E-state index contributed by atoms with van der Waals surface area (Å²) in [5.41, 5.74) is 0. The van der Waals surface area contributed by atoms with Crippen LogP contribution in [0.3, 0.4) is 0 Å². The fourth-order valence-corrected chi connectivity index (χ4v) is 2.06. The number of thiophene rings is 1. The summed E-state index contributed by atoms with van der Waals surface area (Å²) in [5, 5.41) is 10.5. The Bertz CT molecular complexity index is 547. The van der Waals surface area contributed by atoms with Crippen LogP contribution >= 0.6 is 11.3 Å². The zero-order chi connectivity index (χ0) is 13.0. The first-order chi connectivity index (χ1) is 8.70. The van der Waals surface area contributed by atoms with Crippen LogP contribution in [0.5, 0.6) is 17.2 Å². The summed E-state index contributed by atoms with van der Waals surface area (Å²) in [5.74, 6) is 0.773. The first kappa shape index (κ1) is 12.4. The van der Waals surface area contributed by atoms with Crippen LogP contribution in [0, 0.1) is 0 Å². The minimum absolute atomic E-state index is 0.249. The second-order valence-electron chi connectivity index (χ2n) is 3.43. The molecular weight excluding hydrogens is 252 g/mol. The van der Waals surface area contributed by atoms with Gasteiger partial charge in [0, 0.05) is 11.4 Å². The van der Waals surface area contributed by atoms with Gasteiger partial charge in [-0.3, -0.25) is 0 Å². The van der Waals surface area contributed by atoms with E-state index in [9.17, 15) is 4.79 Å². The standard InChI is InChI=1S/C13H12O4S/c1-2-16-10-5-3-4-6-11(10)17-9-7-12(13(14)15)18-8-9/h3-8H,2H2,1H3,(H,14,15). The topological polar surface area (TPSA) is 55.8 Å². The predicted molar refractivity (Wildman–Crippen MR) is 69.0 cm³/mol. The Hall–Kier alpha value is -2.01. The van der Waals surface area contributed by atoms with Gasteiger partial charge in [-0.15, -0.1) is 11.3 Å². The molecule has 0 radical (unpaired) electrons. The molecule has 18 heavy (non-hydrogen) atoms. The molecule has 0 aliphatic heterocycles. The van der Waals surface area contributed by atoms with E-state index in [0.717, 1.165) is 11.3 Å². The van der Waals surface area contributed by atoms with Crippen LogP contribution in [0.1, 0.15) is 16.6 Å². The molecule has 0 aliphatic rings. The Morgan fingerprint density at radius 1 is 1.33 bits per heavy atom. The summed E-state index contributed by atoms with van der Waals surface area (Å²) in [6, 6.07) is 8.78. The van der Waals surface area contributed by atoms with Gasteiger partial charge in [-0.2, -0.15) is 0 Å². The Morgan fingerprint density at radius 3 is 2.67 bits per heavy atom. The van der Waals surface area contributed by atoms with Crippen molar-refractivity contribution in [1.29, 1.82) is 0 Å². The van der Waals surface area contributed by atoms with Crippen molar-refractivity contribution in [3.8, 4) is 17.2 Å². The minimum Gasteiger partial charge on any atom is -0.490 e. The van der Waals surface area contributed by atoms with E-state index in [1.807, 2.05) is 25.1 Å². The second-order valence-corrected chi connectivity index (χ2v) is 4.34. The highest BCUT2D eigenvalue weighted by Crippen LogP contribution is 2.33. The van der Waals surface area contributed by atoms with Crippen LogP contribution in [0.4, 0.5) is 0 Å². The Kier molecular flexibility index (Phi) is 3.84. The van der Waals surface area contributed by atoms with E-state index >= 15 is 0 Å². The van der Waals surface area contributed by atoms with Crippen LogP contribution in [-0.4, -0.2) is 17.7 Å². The minimum atomic E-state index is -0.951. The molecule has 2 rings (SSSR count). The van der Waals surface area contributed by atoms with Crippen molar-refractivity contribution in [2.45, 2.75) is 6.92 Å². The third kappa shape index (κ3) is 2.81. The number of rotatable bonds is 5. The molecule has 94 valence electrons. The van der Waals surface area contributed by atoms with Gasteiger partial charge in [0.15, 0.2) is 11.5 Å². The quantitative estimate of drug-likeness (QED) is 0.895. The maximum Gasteiger partial charge on any atom is 0.346 e. The lowest BCUT2D eigenvalue weighted by molar-refractivity contribution is 0.0702. The molecule has 0 atom stereocenters. The van der Waals surface area contributed by atoms with Gasteiger partial charge in [-0.1, -0.05) is 12.1 Å². The fraction of sp³-hybridized carbons (Fsp3) is 0.154.